The molecule has 0 bridgehead atoms. The van der Waals surface area contributed by atoms with Crippen LogP contribution < -0.4 is 5.32 Å². The lowest BCUT2D eigenvalue weighted by molar-refractivity contribution is -0.137. The molecule has 1 aliphatic heterocycles. The highest BCUT2D eigenvalue weighted by Crippen LogP contribution is 2.30. The van der Waals surface area contributed by atoms with E-state index in [1.165, 1.54) is 11.0 Å². The Bertz CT molecular complexity index is 884. The summed E-state index contributed by atoms with van der Waals surface area (Å²) >= 11 is 1.59. The molecular weight excluding hydrogens is 415 g/mol. The van der Waals surface area contributed by atoms with E-state index in [2.05, 4.69) is 5.32 Å². The van der Waals surface area contributed by atoms with Gasteiger partial charge in [-0.3, -0.25) is 9.59 Å². The van der Waals surface area contributed by atoms with Gasteiger partial charge < -0.3 is 15.1 Å². The van der Waals surface area contributed by atoms with Crippen LogP contribution in [0.3, 0.4) is 0 Å². The lowest BCUT2D eigenvalue weighted by atomic mass is 10.1. The number of likely N-dealkylation sites (N-methyl/N-ethyl adjacent to an activating group) is 1. The third-order valence-corrected chi connectivity index (χ3v) is 5.94. The van der Waals surface area contributed by atoms with Gasteiger partial charge >= 0.3 is 6.18 Å². The van der Waals surface area contributed by atoms with E-state index in [4.69, 9.17) is 0 Å². The van der Waals surface area contributed by atoms with E-state index < -0.39 is 17.7 Å². The molecule has 0 spiro atoms. The van der Waals surface area contributed by atoms with Crippen LogP contribution >= 0.6 is 11.3 Å². The van der Waals surface area contributed by atoms with Gasteiger partial charge in [-0.1, -0.05) is 12.1 Å². The first kappa shape index (κ1) is 22.3. The largest absolute Gasteiger partial charge is 0.416 e. The summed E-state index contributed by atoms with van der Waals surface area (Å²) in [4.78, 5) is 28.4. The number of benzene rings is 1. The molecule has 162 valence electrons. The van der Waals surface area contributed by atoms with E-state index in [1.807, 2.05) is 35.8 Å². The zero-order chi connectivity index (χ0) is 21.9. The number of rotatable bonds is 7. The van der Waals surface area contributed by atoms with Gasteiger partial charge in [0.2, 0.25) is 11.8 Å². The minimum Gasteiger partial charge on any atom is -0.354 e. The quantitative estimate of drug-likeness (QED) is 0.718. The van der Waals surface area contributed by atoms with Crippen LogP contribution in [0.25, 0.3) is 0 Å². The molecular formula is C21H24F3N3O2S. The van der Waals surface area contributed by atoms with Crippen LogP contribution in [-0.4, -0.2) is 48.8 Å². The second kappa shape index (κ2) is 9.18. The number of halogens is 3. The van der Waals surface area contributed by atoms with E-state index in [0.717, 1.165) is 17.7 Å². The highest BCUT2D eigenvalue weighted by atomic mass is 32.1. The number of amides is 2. The fourth-order valence-corrected chi connectivity index (χ4v) is 4.28. The number of thiophene rings is 1. The summed E-state index contributed by atoms with van der Waals surface area (Å²) in [6.45, 7) is 0.675. The maximum Gasteiger partial charge on any atom is 0.416 e. The van der Waals surface area contributed by atoms with Gasteiger partial charge in [-0.25, -0.2) is 0 Å². The normalized spacial score (nSPS) is 18.1. The molecule has 2 aromatic rings. The van der Waals surface area contributed by atoms with Gasteiger partial charge in [-0.15, -0.1) is 0 Å². The molecule has 5 nitrogen and oxygen atoms in total. The maximum absolute atomic E-state index is 12.9. The van der Waals surface area contributed by atoms with E-state index >= 15 is 0 Å². The Morgan fingerprint density at radius 1 is 1.33 bits per heavy atom. The lowest BCUT2D eigenvalue weighted by Gasteiger charge is -2.24. The SMILES string of the molecule is CN(C)[C@@H](CNC(=O)[C@@H]1CC(=O)N(Cc2cccc(C(F)(F)F)c2)C1)c1ccsc1. The zero-order valence-electron chi connectivity index (χ0n) is 16.8. The predicted molar refractivity (Wildman–Crippen MR) is 109 cm³/mol. The summed E-state index contributed by atoms with van der Waals surface area (Å²) in [7, 11) is 3.87. The molecule has 30 heavy (non-hydrogen) atoms. The van der Waals surface area contributed by atoms with Crippen molar-refractivity contribution in [3.05, 3.63) is 57.8 Å². The molecule has 9 heteroatoms. The van der Waals surface area contributed by atoms with Gasteiger partial charge in [0.05, 0.1) is 17.5 Å². The highest BCUT2D eigenvalue weighted by molar-refractivity contribution is 7.07. The fraction of sp³-hybridized carbons (Fsp3) is 0.429. The maximum atomic E-state index is 12.9. The third-order valence-electron chi connectivity index (χ3n) is 5.23. The van der Waals surface area contributed by atoms with Crippen molar-refractivity contribution in [1.82, 2.24) is 15.1 Å². The molecule has 1 aromatic carbocycles. The Labute approximate surface area is 177 Å². The number of nitrogens with zero attached hydrogens (tertiary/aromatic N) is 2. The van der Waals surface area contributed by atoms with E-state index in [9.17, 15) is 22.8 Å². The number of hydrogen-bond acceptors (Lipinski definition) is 4. The van der Waals surface area contributed by atoms with Gasteiger partial charge in [-0.2, -0.15) is 24.5 Å². The number of hydrogen-bond donors (Lipinski definition) is 1. The third kappa shape index (κ3) is 5.40. The van der Waals surface area contributed by atoms with Crippen molar-refractivity contribution in [2.24, 2.45) is 5.92 Å². The minimum atomic E-state index is -4.43. The van der Waals surface area contributed by atoms with Crippen LogP contribution in [0.1, 0.15) is 29.2 Å². The first-order valence-electron chi connectivity index (χ1n) is 9.55. The first-order chi connectivity index (χ1) is 14.1. The zero-order valence-corrected chi connectivity index (χ0v) is 17.6. The van der Waals surface area contributed by atoms with Gasteiger partial charge in [0.15, 0.2) is 0 Å². The minimum absolute atomic E-state index is 0.0264. The van der Waals surface area contributed by atoms with Crippen molar-refractivity contribution >= 4 is 23.2 Å². The monoisotopic (exact) mass is 439 g/mol. The van der Waals surface area contributed by atoms with E-state index in [0.29, 0.717) is 12.1 Å². The Balaban J connectivity index is 1.58. The number of carbonyl (C=O) groups is 2. The summed E-state index contributed by atoms with van der Waals surface area (Å²) < 4.78 is 38.7. The topological polar surface area (TPSA) is 52.7 Å². The molecule has 2 heterocycles. The predicted octanol–water partition coefficient (Wildman–Crippen LogP) is 3.53. The second-order valence-corrected chi connectivity index (χ2v) is 8.43. The molecule has 2 amide bonds. The molecule has 0 aliphatic carbocycles. The summed E-state index contributed by atoms with van der Waals surface area (Å²) in [6.07, 6.45) is -4.37. The van der Waals surface area contributed by atoms with Crippen molar-refractivity contribution in [3.8, 4) is 0 Å². The average molecular weight is 440 g/mol. The molecule has 2 atom stereocenters. The Morgan fingerprint density at radius 2 is 2.10 bits per heavy atom. The molecule has 0 unspecified atom stereocenters. The molecule has 1 saturated heterocycles. The summed E-state index contributed by atoms with van der Waals surface area (Å²) in [5.41, 5.74) is 0.757. The number of likely N-dealkylation sites (tertiary alicyclic amines) is 1. The van der Waals surface area contributed by atoms with Gasteiger partial charge in [0, 0.05) is 26.1 Å². The summed E-state index contributed by atoms with van der Waals surface area (Å²) in [6, 6.07) is 6.96. The molecule has 1 N–H and O–H groups in total. The van der Waals surface area contributed by atoms with Crippen molar-refractivity contribution in [2.75, 3.05) is 27.2 Å². The van der Waals surface area contributed by atoms with Crippen molar-refractivity contribution in [2.45, 2.75) is 25.2 Å². The smallest absolute Gasteiger partial charge is 0.354 e. The average Bonchev–Trinajstić information content (AvgIpc) is 3.32. The highest BCUT2D eigenvalue weighted by Gasteiger charge is 2.35. The number of alkyl halides is 3. The van der Waals surface area contributed by atoms with Crippen molar-refractivity contribution in [1.29, 1.82) is 0 Å². The van der Waals surface area contributed by atoms with Gasteiger partial charge in [0.1, 0.15) is 0 Å². The molecule has 0 radical (unpaired) electrons. The molecule has 3 rings (SSSR count). The fourth-order valence-electron chi connectivity index (χ4n) is 3.57. The Hall–Kier alpha value is -2.39. The standard InChI is InChI=1S/C21H24F3N3O2S/c1-26(2)18(15-6-7-30-13-15)10-25-20(29)16-9-19(28)27(12-16)11-14-4-3-5-17(8-14)21(22,23)24/h3-8,13,16,18H,9-12H2,1-2H3,(H,25,29)/t16-,18+/m1/s1. The second-order valence-electron chi connectivity index (χ2n) is 7.65. The van der Waals surface area contributed by atoms with Crippen molar-refractivity contribution < 1.29 is 22.8 Å². The van der Waals surface area contributed by atoms with E-state index in [-0.39, 0.29) is 37.4 Å². The van der Waals surface area contributed by atoms with Crippen LogP contribution in [0.15, 0.2) is 41.1 Å². The first-order valence-corrected chi connectivity index (χ1v) is 10.5. The van der Waals surface area contributed by atoms with Crippen LogP contribution in [0.4, 0.5) is 13.2 Å². The lowest BCUT2D eigenvalue weighted by Crippen LogP contribution is -2.38. The molecule has 1 fully saturated rings. The van der Waals surface area contributed by atoms with Crippen LogP contribution in [0.5, 0.6) is 0 Å². The Morgan fingerprint density at radius 3 is 2.73 bits per heavy atom. The Kier molecular flexibility index (Phi) is 6.82. The van der Waals surface area contributed by atoms with Crippen LogP contribution in [-0.2, 0) is 22.3 Å². The number of nitrogens with one attached hydrogen (secondary N) is 1. The van der Waals surface area contributed by atoms with Gasteiger partial charge in [-0.05, 0) is 54.2 Å². The van der Waals surface area contributed by atoms with Crippen LogP contribution in [0.2, 0.25) is 0 Å². The summed E-state index contributed by atoms with van der Waals surface area (Å²) in [5.74, 6) is -0.944. The summed E-state index contributed by atoms with van der Waals surface area (Å²) in [5, 5.41) is 6.94. The van der Waals surface area contributed by atoms with Crippen LogP contribution in [0, 0.1) is 5.92 Å². The molecule has 1 aliphatic rings. The molecule has 1 aromatic heterocycles. The molecule has 0 saturated carbocycles. The van der Waals surface area contributed by atoms with Crippen molar-refractivity contribution in [3.63, 3.8) is 0 Å². The number of carbonyl (C=O) groups excluding carboxylic acids is 2. The van der Waals surface area contributed by atoms with E-state index in [1.54, 1.807) is 17.4 Å². The van der Waals surface area contributed by atoms with Gasteiger partial charge in [0.25, 0.3) is 0 Å².